The largest absolute Gasteiger partial charge is 0.0654 e. The third-order valence-corrected chi connectivity index (χ3v) is 3.80. The van der Waals surface area contributed by atoms with Gasteiger partial charge in [0.15, 0.2) is 0 Å². The Morgan fingerprint density at radius 1 is 0.800 bits per heavy atom. The summed E-state index contributed by atoms with van der Waals surface area (Å²) in [4.78, 5) is 0. The zero-order valence-electron chi connectivity index (χ0n) is 11.3. The number of hydrogen-bond donors (Lipinski definition) is 0. The fraction of sp³-hybridized carbons (Fsp3) is 0.933. The molecule has 0 saturated heterocycles. The predicted octanol–water partition coefficient (Wildman–Crippen LogP) is 5.77. The normalized spacial score (nSPS) is 15.2. The first-order valence-electron chi connectivity index (χ1n) is 7.04. The monoisotopic (exact) mass is 211 g/mol. The Balaban J connectivity index is 4.09. The first-order valence-corrected chi connectivity index (χ1v) is 7.04. The first-order chi connectivity index (χ1) is 7.24. The molecule has 15 heavy (non-hydrogen) atoms. The van der Waals surface area contributed by atoms with E-state index in [4.69, 9.17) is 0 Å². The molecule has 0 bridgehead atoms. The minimum Gasteiger partial charge on any atom is -0.0654 e. The van der Waals surface area contributed by atoms with Gasteiger partial charge in [0, 0.05) is 0 Å². The Labute approximate surface area is 97.8 Å². The summed E-state index contributed by atoms with van der Waals surface area (Å²) in [6.45, 7) is 11.0. The maximum atomic E-state index is 3.94. The summed E-state index contributed by atoms with van der Waals surface area (Å²) in [5, 5.41) is 0. The summed E-state index contributed by atoms with van der Waals surface area (Å²) < 4.78 is 0. The van der Waals surface area contributed by atoms with Crippen molar-refractivity contribution in [2.45, 2.75) is 85.0 Å². The molecular weight excluding hydrogens is 180 g/mol. The van der Waals surface area contributed by atoms with Crippen LogP contribution in [0.2, 0.25) is 0 Å². The maximum Gasteiger partial charge on any atom is -0.0300 e. The van der Waals surface area contributed by atoms with Crippen LogP contribution in [0.15, 0.2) is 0 Å². The molecule has 1 radical (unpaired) electrons. The van der Waals surface area contributed by atoms with Crippen molar-refractivity contribution in [1.82, 2.24) is 0 Å². The van der Waals surface area contributed by atoms with Crippen molar-refractivity contribution in [3.8, 4) is 0 Å². The molecule has 0 aromatic heterocycles. The van der Waals surface area contributed by atoms with Crippen LogP contribution in [0.25, 0.3) is 0 Å². The Kier molecular flexibility index (Phi) is 9.24. The molecule has 0 saturated carbocycles. The van der Waals surface area contributed by atoms with E-state index in [1.807, 2.05) is 0 Å². The second-order valence-electron chi connectivity index (χ2n) is 5.02. The second-order valence-corrected chi connectivity index (χ2v) is 5.02. The van der Waals surface area contributed by atoms with Crippen molar-refractivity contribution in [3.63, 3.8) is 0 Å². The molecule has 0 heterocycles. The summed E-state index contributed by atoms with van der Waals surface area (Å²) in [6, 6.07) is 0. The van der Waals surface area contributed by atoms with Crippen LogP contribution >= 0.6 is 0 Å². The topological polar surface area (TPSA) is 0 Å². The summed E-state index contributed by atoms with van der Waals surface area (Å²) >= 11 is 0. The second kappa shape index (κ2) is 9.24. The van der Waals surface area contributed by atoms with Crippen molar-refractivity contribution in [1.29, 1.82) is 0 Å². The van der Waals surface area contributed by atoms with Gasteiger partial charge in [0.1, 0.15) is 0 Å². The van der Waals surface area contributed by atoms with E-state index < -0.39 is 0 Å². The quantitative estimate of drug-likeness (QED) is 0.402. The van der Waals surface area contributed by atoms with Gasteiger partial charge >= 0.3 is 0 Å². The lowest BCUT2D eigenvalue weighted by Gasteiger charge is -2.33. The average molecular weight is 211 g/mol. The molecule has 0 rings (SSSR count). The summed E-state index contributed by atoms with van der Waals surface area (Å²) in [5.41, 5.74) is 0.667. The Bertz CT molecular complexity index is 128. The van der Waals surface area contributed by atoms with Crippen molar-refractivity contribution >= 4 is 0 Å². The van der Waals surface area contributed by atoms with Gasteiger partial charge in [0.2, 0.25) is 0 Å². The minimum atomic E-state index is 0.667. The summed E-state index contributed by atoms with van der Waals surface area (Å²) in [6.07, 6.45) is 13.6. The van der Waals surface area contributed by atoms with Crippen LogP contribution in [0.5, 0.6) is 0 Å². The van der Waals surface area contributed by atoms with Gasteiger partial charge in [-0.2, -0.15) is 0 Å². The third kappa shape index (κ3) is 6.22. The molecule has 0 aliphatic carbocycles. The van der Waals surface area contributed by atoms with Gasteiger partial charge < -0.3 is 0 Å². The highest BCUT2D eigenvalue weighted by Gasteiger charge is 2.25. The summed E-state index contributed by atoms with van der Waals surface area (Å²) in [7, 11) is 0. The van der Waals surface area contributed by atoms with Gasteiger partial charge in [0.05, 0.1) is 0 Å². The van der Waals surface area contributed by atoms with Crippen molar-refractivity contribution in [2.24, 2.45) is 5.41 Å². The van der Waals surface area contributed by atoms with Crippen LogP contribution in [-0.2, 0) is 0 Å². The average Bonchev–Trinajstić information content (AvgIpc) is 2.26. The SMILES string of the molecule is [CH2]CCCCC(CC)(CCC)CCCC. The lowest BCUT2D eigenvalue weighted by Crippen LogP contribution is -2.19. The van der Waals surface area contributed by atoms with Crippen LogP contribution in [0, 0.1) is 12.3 Å². The molecule has 0 amide bonds. The molecule has 0 nitrogen and oxygen atoms in total. The van der Waals surface area contributed by atoms with Crippen LogP contribution in [-0.4, -0.2) is 0 Å². The van der Waals surface area contributed by atoms with Gasteiger partial charge in [-0.25, -0.2) is 0 Å². The molecule has 0 fully saturated rings. The highest BCUT2D eigenvalue weighted by Crippen LogP contribution is 2.39. The molecule has 1 atom stereocenters. The standard InChI is InChI=1S/C15H31/c1-5-9-11-14-15(8-4,12-7-3)13-10-6-2/h1,5-14H2,2-4H3. The lowest BCUT2D eigenvalue weighted by atomic mass is 9.73. The molecule has 0 N–H and O–H groups in total. The van der Waals surface area contributed by atoms with Gasteiger partial charge in [-0.1, -0.05) is 72.6 Å². The van der Waals surface area contributed by atoms with E-state index in [0.717, 1.165) is 6.42 Å². The van der Waals surface area contributed by atoms with Crippen molar-refractivity contribution in [2.75, 3.05) is 0 Å². The minimum absolute atomic E-state index is 0.667. The van der Waals surface area contributed by atoms with Gasteiger partial charge in [0.25, 0.3) is 0 Å². The van der Waals surface area contributed by atoms with Crippen LogP contribution in [0.3, 0.4) is 0 Å². The number of hydrogen-bond acceptors (Lipinski definition) is 0. The number of rotatable bonds is 10. The van der Waals surface area contributed by atoms with E-state index in [1.165, 1.54) is 57.8 Å². The Morgan fingerprint density at radius 2 is 1.47 bits per heavy atom. The molecule has 0 aliphatic heterocycles. The highest BCUT2D eigenvalue weighted by molar-refractivity contribution is 4.77. The first kappa shape index (κ1) is 15.0. The van der Waals surface area contributed by atoms with E-state index in [2.05, 4.69) is 27.7 Å². The van der Waals surface area contributed by atoms with Gasteiger partial charge in [-0.05, 0) is 24.7 Å². The van der Waals surface area contributed by atoms with Gasteiger partial charge in [-0.3, -0.25) is 0 Å². The Hall–Kier alpha value is 0. The van der Waals surface area contributed by atoms with Crippen LogP contribution in [0.4, 0.5) is 0 Å². The molecular formula is C15H31. The van der Waals surface area contributed by atoms with E-state index in [9.17, 15) is 0 Å². The smallest absolute Gasteiger partial charge is 0.0300 e. The lowest BCUT2D eigenvalue weighted by molar-refractivity contribution is 0.194. The van der Waals surface area contributed by atoms with Crippen LogP contribution < -0.4 is 0 Å². The molecule has 0 aliphatic rings. The Morgan fingerprint density at radius 3 is 1.93 bits per heavy atom. The van der Waals surface area contributed by atoms with Crippen molar-refractivity contribution in [3.05, 3.63) is 6.92 Å². The summed E-state index contributed by atoms with van der Waals surface area (Å²) in [5.74, 6) is 0. The van der Waals surface area contributed by atoms with Crippen LogP contribution in [0.1, 0.15) is 85.0 Å². The highest BCUT2D eigenvalue weighted by atomic mass is 14.3. The predicted molar refractivity (Wildman–Crippen MR) is 71.0 cm³/mol. The van der Waals surface area contributed by atoms with Gasteiger partial charge in [-0.15, -0.1) is 0 Å². The molecule has 0 aromatic rings. The third-order valence-electron chi connectivity index (χ3n) is 3.80. The molecule has 1 unspecified atom stereocenters. The van der Waals surface area contributed by atoms with E-state index in [1.54, 1.807) is 0 Å². The van der Waals surface area contributed by atoms with E-state index >= 15 is 0 Å². The van der Waals surface area contributed by atoms with E-state index in [0.29, 0.717) is 5.41 Å². The zero-order valence-corrected chi connectivity index (χ0v) is 11.3. The molecule has 91 valence electrons. The fourth-order valence-corrected chi connectivity index (χ4v) is 2.66. The maximum absolute atomic E-state index is 3.94. The number of unbranched alkanes of at least 4 members (excludes halogenated alkanes) is 3. The molecule has 0 spiro atoms. The van der Waals surface area contributed by atoms with E-state index in [-0.39, 0.29) is 0 Å². The molecule has 0 heteroatoms. The molecule has 0 aromatic carbocycles. The zero-order chi connectivity index (χ0) is 11.6. The van der Waals surface area contributed by atoms with Crippen molar-refractivity contribution < 1.29 is 0 Å². The fourth-order valence-electron chi connectivity index (χ4n) is 2.66.